The average Bonchev–Trinajstić information content (AvgIpc) is 3.19. The van der Waals surface area contributed by atoms with Crippen LogP contribution in [0.25, 0.3) is 0 Å². The van der Waals surface area contributed by atoms with Gasteiger partial charge in [0.1, 0.15) is 11.5 Å². The van der Waals surface area contributed by atoms with Crippen molar-refractivity contribution in [2.24, 2.45) is 5.84 Å². The van der Waals surface area contributed by atoms with E-state index in [1.54, 1.807) is 35.4 Å². The predicted octanol–water partition coefficient (Wildman–Crippen LogP) is 6.74. The van der Waals surface area contributed by atoms with Crippen LogP contribution in [0.15, 0.2) is 71.8 Å². The van der Waals surface area contributed by atoms with Crippen LogP contribution >= 0.6 is 0 Å². The van der Waals surface area contributed by atoms with Crippen LogP contribution in [0.2, 0.25) is 0 Å². The SMILES string of the molecule is NN1C2CCCCC2=C2CC(c3ccc(N4c5ccc(O)cc5Oc5cc(O)ccc54)cc3)CCC21. The van der Waals surface area contributed by atoms with Gasteiger partial charge in [0.15, 0.2) is 11.5 Å². The summed E-state index contributed by atoms with van der Waals surface area (Å²) >= 11 is 0. The highest BCUT2D eigenvalue weighted by molar-refractivity contribution is 5.86. The van der Waals surface area contributed by atoms with Gasteiger partial charge < -0.3 is 19.8 Å². The van der Waals surface area contributed by atoms with Crippen LogP contribution in [0.4, 0.5) is 17.1 Å². The molecular weight excluding hydrogens is 450 g/mol. The van der Waals surface area contributed by atoms with Crippen LogP contribution in [0.5, 0.6) is 23.0 Å². The zero-order valence-electron chi connectivity index (χ0n) is 20.2. The van der Waals surface area contributed by atoms with E-state index in [2.05, 4.69) is 34.2 Å². The number of hydrogen-bond donors (Lipinski definition) is 3. The third-order valence-electron chi connectivity index (χ3n) is 8.58. The van der Waals surface area contributed by atoms with Gasteiger partial charge in [-0.15, -0.1) is 0 Å². The number of hydrazine groups is 1. The molecule has 0 saturated heterocycles. The van der Waals surface area contributed by atoms with Crippen molar-refractivity contribution in [3.8, 4) is 23.0 Å². The van der Waals surface area contributed by atoms with Gasteiger partial charge in [-0.25, -0.2) is 5.01 Å². The van der Waals surface area contributed by atoms with Crippen LogP contribution in [0.1, 0.15) is 56.4 Å². The van der Waals surface area contributed by atoms with Gasteiger partial charge in [-0.2, -0.15) is 0 Å². The molecule has 2 saturated carbocycles. The maximum atomic E-state index is 10.0. The molecule has 6 nitrogen and oxygen atoms in total. The van der Waals surface area contributed by atoms with E-state index in [4.69, 9.17) is 10.6 Å². The number of rotatable bonds is 2. The molecule has 0 spiro atoms. The molecule has 2 aliphatic heterocycles. The molecule has 2 heterocycles. The fourth-order valence-corrected chi connectivity index (χ4v) is 6.87. The van der Waals surface area contributed by atoms with Crippen molar-refractivity contribution in [2.75, 3.05) is 4.90 Å². The lowest BCUT2D eigenvalue weighted by Crippen LogP contribution is -2.45. The van der Waals surface area contributed by atoms with Gasteiger partial charge in [0.25, 0.3) is 0 Å². The zero-order chi connectivity index (χ0) is 24.4. The largest absolute Gasteiger partial charge is 0.508 e. The molecule has 0 radical (unpaired) electrons. The second-order valence-corrected chi connectivity index (χ2v) is 10.6. The second kappa shape index (κ2) is 8.29. The number of ether oxygens (including phenoxy) is 1. The first kappa shape index (κ1) is 21.8. The van der Waals surface area contributed by atoms with Crippen LogP contribution < -0.4 is 15.5 Å². The van der Waals surface area contributed by atoms with Gasteiger partial charge in [-0.1, -0.05) is 29.7 Å². The first-order chi connectivity index (χ1) is 17.6. The standard InChI is InChI=1S/C30H31N3O3/c31-33-25-4-2-1-3-23(25)24-15-19(7-12-26(24)33)18-5-8-20(9-6-18)32-27-13-10-21(34)16-29(27)36-30-17-22(35)11-14-28(30)32/h5-6,8-11,13-14,16-17,19,25-26,34-35H,1-4,7,12,15,31H2. The quantitative estimate of drug-likeness (QED) is 0.217. The number of benzene rings is 3. The topological polar surface area (TPSA) is 82.2 Å². The van der Waals surface area contributed by atoms with Gasteiger partial charge in [0, 0.05) is 29.9 Å². The van der Waals surface area contributed by atoms with Crippen molar-refractivity contribution in [1.82, 2.24) is 5.01 Å². The van der Waals surface area contributed by atoms with Crippen molar-refractivity contribution >= 4 is 17.1 Å². The number of hydrogen-bond acceptors (Lipinski definition) is 6. The Bertz CT molecular complexity index is 1310. The fourth-order valence-electron chi connectivity index (χ4n) is 6.87. The predicted molar refractivity (Wildman–Crippen MR) is 140 cm³/mol. The molecule has 3 unspecified atom stereocenters. The van der Waals surface area contributed by atoms with Crippen molar-refractivity contribution in [2.45, 2.75) is 62.9 Å². The monoisotopic (exact) mass is 481 g/mol. The highest BCUT2D eigenvalue weighted by atomic mass is 16.5. The van der Waals surface area contributed by atoms with E-state index in [1.165, 1.54) is 31.2 Å². The van der Waals surface area contributed by atoms with Gasteiger partial charge >= 0.3 is 0 Å². The van der Waals surface area contributed by atoms with Crippen LogP contribution in [0, 0.1) is 0 Å². The van der Waals surface area contributed by atoms with Crippen molar-refractivity contribution in [3.63, 3.8) is 0 Å². The van der Waals surface area contributed by atoms with E-state index < -0.39 is 0 Å². The number of phenols is 2. The first-order valence-corrected chi connectivity index (χ1v) is 13.1. The molecule has 2 aliphatic carbocycles. The molecule has 0 amide bonds. The Morgan fingerprint density at radius 3 is 2.11 bits per heavy atom. The Morgan fingerprint density at radius 2 is 1.42 bits per heavy atom. The maximum absolute atomic E-state index is 10.0. The Morgan fingerprint density at radius 1 is 0.750 bits per heavy atom. The van der Waals surface area contributed by atoms with Gasteiger partial charge in [0.05, 0.1) is 11.4 Å². The first-order valence-electron chi connectivity index (χ1n) is 13.1. The second-order valence-electron chi connectivity index (χ2n) is 10.6. The molecular formula is C30H31N3O3. The summed E-state index contributed by atoms with van der Waals surface area (Å²) in [5, 5.41) is 22.2. The molecule has 4 N–H and O–H groups in total. The van der Waals surface area contributed by atoms with E-state index in [0.29, 0.717) is 29.5 Å². The minimum absolute atomic E-state index is 0.141. The van der Waals surface area contributed by atoms with Crippen molar-refractivity contribution in [3.05, 3.63) is 77.4 Å². The lowest BCUT2D eigenvalue weighted by Gasteiger charge is -2.34. The summed E-state index contributed by atoms with van der Waals surface area (Å²) in [4.78, 5) is 2.12. The van der Waals surface area contributed by atoms with E-state index in [0.717, 1.165) is 36.3 Å². The lowest BCUT2D eigenvalue weighted by molar-refractivity contribution is 0.165. The molecule has 6 heteroatoms. The van der Waals surface area contributed by atoms with Gasteiger partial charge in [-0.3, -0.25) is 5.84 Å². The third kappa shape index (κ3) is 3.39. The molecule has 2 fully saturated rings. The summed E-state index contributed by atoms with van der Waals surface area (Å²) in [6.45, 7) is 0. The minimum Gasteiger partial charge on any atom is -0.508 e. The number of aromatic hydroxyl groups is 2. The summed E-state index contributed by atoms with van der Waals surface area (Å²) in [6, 6.07) is 20.1. The zero-order valence-corrected chi connectivity index (χ0v) is 20.2. The number of fused-ring (bicyclic) bond motifs is 4. The van der Waals surface area contributed by atoms with Crippen LogP contribution in [-0.2, 0) is 0 Å². The third-order valence-corrected chi connectivity index (χ3v) is 8.58. The smallest absolute Gasteiger partial charge is 0.155 e. The van der Waals surface area contributed by atoms with E-state index in [1.807, 2.05) is 12.1 Å². The maximum Gasteiger partial charge on any atom is 0.155 e. The molecule has 7 rings (SSSR count). The van der Waals surface area contributed by atoms with Crippen molar-refractivity contribution in [1.29, 1.82) is 0 Å². The summed E-state index contributed by atoms with van der Waals surface area (Å²) in [5.41, 5.74) is 7.35. The Kier molecular flexibility index (Phi) is 5.01. The Balaban J connectivity index is 1.21. The van der Waals surface area contributed by atoms with Gasteiger partial charge in [0.2, 0.25) is 0 Å². The summed E-state index contributed by atoms with van der Waals surface area (Å²) in [5.74, 6) is 8.48. The molecule has 4 aliphatic rings. The molecule has 0 bridgehead atoms. The normalized spacial score (nSPS) is 25.0. The number of nitrogens with zero attached hydrogens (tertiary/aromatic N) is 2. The Hall–Kier alpha value is -3.48. The highest BCUT2D eigenvalue weighted by Gasteiger charge is 2.42. The minimum atomic E-state index is 0.141. The average molecular weight is 482 g/mol. The summed E-state index contributed by atoms with van der Waals surface area (Å²) < 4.78 is 6.02. The number of anilines is 3. The lowest BCUT2D eigenvalue weighted by atomic mass is 9.77. The van der Waals surface area contributed by atoms with E-state index >= 15 is 0 Å². The van der Waals surface area contributed by atoms with Crippen LogP contribution in [0.3, 0.4) is 0 Å². The van der Waals surface area contributed by atoms with E-state index in [9.17, 15) is 10.2 Å². The fraction of sp³-hybridized carbons (Fsp3) is 0.333. The molecule has 3 aromatic rings. The molecule has 3 atom stereocenters. The molecule has 36 heavy (non-hydrogen) atoms. The molecule has 184 valence electrons. The summed E-state index contributed by atoms with van der Waals surface area (Å²) in [7, 11) is 0. The molecule has 0 aromatic heterocycles. The number of nitrogens with two attached hydrogens (primary N) is 1. The van der Waals surface area contributed by atoms with E-state index in [-0.39, 0.29) is 11.5 Å². The van der Waals surface area contributed by atoms with Crippen LogP contribution in [-0.4, -0.2) is 27.3 Å². The Labute approximate surface area is 211 Å². The highest BCUT2D eigenvalue weighted by Crippen LogP contribution is 2.52. The molecule has 3 aromatic carbocycles. The number of phenolic OH excluding ortho intramolecular Hbond substituents is 2. The van der Waals surface area contributed by atoms with Gasteiger partial charge in [-0.05, 0) is 86.4 Å². The summed E-state index contributed by atoms with van der Waals surface area (Å²) in [6.07, 6.45) is 8.43. The van der Waals surface area contributed by atoms with Crippen molar-refractivity contribution < 1.29 is 14.9 Å².